The lowest BCUT2D eigenvalue weighted by Crippen LogP contribution is -2.37. The number of carbonyl (C=O) groups is 1. The highest BCUT2D eigenvalue weighted by molar-refractivity contribution is 5.70. The summed E-state index contributed by atoms with van der Waals surface area (Å²) in [6.07, 6.45) is 2.18. The normalized spacial score (nSPS) is 14.6. The molecular weight excluding hydrogens is 496 g/mol. The molecule has 0 radical (unpaired) electrons. The molecule has 1 atom stereocenters. The summed E-state index contributed by atoms with van der Waals surface area (Å²) in [4.78, 5) is 29.4. The van der Waals surface area contributed by atoms with E-state index in [1.54, 1.807) is 0 Å². The van der Waals surface area contributed by atoms with Gasteiger partial charge in [-0.15, -0.1) is 0 Å². The van der Waals surface area contributed by atoms with Crippen LogP contribution in [0.1, 0.15) is 37.3 Å². The lowest BCUT2D eigenvalue weighted by Gasteiger charge is -2.30. The van der Waals surface area contributed by atoms with Gasteiger partial charge < -0.3 is 30.1 Å². The van der Waals surface area contributed by atoms with Crippen molar-refractivity contribution in [3.05, 3.63) is 59.7 Å². The number of piperidine rings is 1. The van der Waals surface area contributed by atoms with Gasteiger partial charge in [0.25, 0.3) is 0 Å². The van der Waals surface area contributed by atoms with E-state index in [1.165, 1.54) is 5.56 Å². The van der Waals surface area contributed by atoms with Crippen LogP contribution in [0.25, 0.3) is 0 Å². The Labute approximate surface area is 229 Å². The number of aliphatic carboxylic acids is 1. The molecule has 4 rings (SSSR count). The third-order valence-corrected chi connectivity index (χ3v) is 6.95. The summed E-state index contributed by atoms with van der Waals surface area (Å²) in [5, 5.41) is 22.5. The Kier molecular flexibility index (Phi) is 9.54. The molecule has 39 heavy (non-hydrogen) atoms. The molecule has 3 N–H and O–H groups in total. The molecule has 208 valence electrons. The monoisotopic (exact) mass is 534 g/mol. The van der Waals surface area contributed by atoms with E-state index in [-0.39, 0.29) is 12.0 Å². The Hall–Kier alpha value is -3.92. The van der Waals surface area contributed by atoms with Crippen molar-refractivity contribution in [1.82, 2.24) is 15.0 Å². The molecule has 0 aliphatic carbocycles. The first kappa shape index (κ1) is 28.1. The summed E-state index contributed by atoms with van der Waals surface area (Å²) in [6, 6.07) is 15.6. The zero-order chi connectivity index (χ0) is 27.8. The Balaban J connectivity index is 1.41. The van der Waals surface area contributed by atoms with Crippen LogP contribution in [0.5, 0.6) is 5.75 Å². The standard InChI is InChI=1S/C29H38N6O4/c1-4-22(26(37)38)19-21-7-11-25(12-8-21)39-18-17-34(3)28-31-27(30-23-9-5-20(2)6-10-23)32-29(33-28)35-15-13-24(36)14-16-35/h5-12,22,24,36H,4,13-19H2,1-3H3,(H,37,38)(H,30,31,32,33). The number of carboxylic acids is 1. The lowest BCUT2D eigenvalue weighted by molar-refractivity contribution is -0.141. The summed E-state index contributed by atoms with van der Waals surface area (Å²) >= 11 is 0. The van der Waals surface area contributed by atoms with E-state index >= 15 is 0 Å². The molecule has 10 nitrogen and oxygen atoms in total. The smallest absolute Gasteiger partial charge is 0.306 e. The number of aryl methyl sites for hydroxylation is 1. The van der Waals surface area contributed by atoms with E-state index in [9.17, 15) is 15.0 Å². The number of aliphatic hydroxyl groups excluding tert-OH is 1. The van der Waals surface area contributed by atoms with Crippen molar-refractivity contribution in [2.75, 3.05) is 48.4 Å². The van der Waals surface area contributed by atoms with E-state index in [2.05, 4.69) is 20.2 Å². The number of carboxylic acid groups (broad SMARTS) is 1. The molecule has 1 fully saturated rings. The maximum atomic E-state index is 11.3. The second kappa shape index (κ2) is 13.2. The van der Waals surface area contributed by atoms with Crippen molar-refractivity contribution in [3.63, 3.8) is 0 Å². The van der Waals surface area contributed by atoms with Gasteiger partial charge in [-0.25, -0.2) is 0 Å². The maximum Gasteiger partial charge on any atom is 0.306 e. The predicted octanol–water partition coefficient (Wildman–Crippen LogP) is 4.05. The number of benzene rings is 2. The Morgan fingerprint density at radius 1 is 1.10 bits per heavy atom. The molecule has 1 unspecified atom stereocenters. The second-order valence-electron chi connectivity index (χ2n) is 10.0. The average molecular weight is 535 g/mol. The van der Waals surface area contributed by atoms with Crippen molar-refractivity contribution in [3.8, 4) is 5.75 Å². The van der Waals surface area contributed by atoms with Gasteiger partial charge in [0, 0.05) is 25.8 Å². The average Bonchev–Trinajstić information content (AvgIpc) is 2.93. The SMILES string of the molecule is CCC(Cc1ccc(OCCN(C)c2nc(Nc3ccc(C)cc3)nc(N3CCC(O)CC3)n2)cc1)C(=O)O. The van der Waals surface area contributed by atoms with Gasteiger partial charge >= 0.3 is 5.97 Å². The lowest BCUT2D eigenvalue weighted by atomic mass is 9.97. The van der Waals surface area contributed by atoms with Gasteiger partial charge in [-0.2, -0.15) is 15.0 Å². The van der Waals surface area contributed by atoms with E-state index in [0.29, 0.717) is 69.8 Å². The fourth-order valence-corrected chi connectivity index (χ4v) is 4.37. The minimum Gasteiger partial charge on any atom is -0.492 e. The van der Waals surface area contributed by atoms with Crippen LogP contribution >= 0.6 is 0 Å². The predicted molar refractivity (Wildman–Crippen MR) is 152 cm³/mol. The maximum absolute atomic E-state index is 11.3. The summed E-state index contributed by atoms with van der Waals surface area (Å²) in [5.41, 5.74) is 3.04. The molecule has 10 heteroatoms. The molecule has 2 aromatic carbocycles. The van der Waals surface area contributed by atoms with Crippen LogP contribution in [-0.2, 0) is 11.2 Å². The van der Waals surface area contributed by atoms with Gasteiger partial charge in [0.2, 0.25) is 17.8 Å². The minimum absolute atomic E-state index is 0.285. The second-order valence-corrected chi connectivity index (χ2v) is 10.0. The summed E-state index contributed by atoms with van der Waals surface area (Å²) in [7, 11) is 1.91. The van der Waals surface area contributed by atoms with Crippen LogP contribution in [0, 0.1) is 12.8 Å². The highest BCUT2D eigenvalue weighted by atomic mass is 16.5. The highest BCUT2D eigenvalue weighted by Gasteiger charge is 2.22. The number of ether oxygens (including phenoxy) is 1. The van der Waals surface area contributed by atoms with E-state index in [1.807, 2.05) is 74.3 Å². The molecule has 0 bridgehead atoms. The molecule has 1 aliphatic heterocycles. The molecule has 0 spiro atoms. The number of nitrogens with one attached hydrogen (secondary N) is 1. The van der Waals surface area contributed by atoms with Crippen molar-refractivity contribution in [2.24, 2.45) is 5.92 Å². The van der Waals surface area contributed by atoms with Crippen LogP contribution in [0.3, 0.4) is 0 Å². The van der Waals surface area contributed by atoms with Crippen LogP contribution in [0.15, 0.2) is 48.5 Å². The zero-order valence-electron chi connectivity index (χ0n) is 22.9. The number of aromatic nitrogens is 3. The molecule has 0 amide bonds. The van der Waals surface area contributed by atoms with Gasteiger partial charge in [-0.1, -0.05) is 36.8 Å². The third kappa shape index (κ3) is 8.03. The number of aliphatic hydroxyl groups is 1. The molecule has 1 saturated heterocycles. The van der Waals surface area contributed by atoms with Crippen molar-refractivity contribution < 1.29 is 19.7 Å². The third-order valence-electron chi connectivity index (χ3n) is 6.95. The fraction of sp³-hybridized carbons (Fsp3) is 0.448. The van der Waals surface area contributed by atoms with Crippen LogP contribution in [-0.4, -0.2) is 70.5 Å². The van der Waals surface area contributed by atoms with Crippen LogP contribution in [0.2, 0.25) is 0 Å². The number of anilines is 4. The molecular formula is C29H38N6O4. The fourth-order valence-electron chi connectivity index (χ4n) is 4.37. The van der Waals surface area contributed by atoms with Gasteiger partial charge in [0.05, 0.1) is 18.6 Å². The minimum atomic E-state index is -0.766. The van der Waals surface area contributed by atoms with Gasteiger partial charge in [-0.3, -0.25) is 4.79 Å². The van der Waals surface area contributed by atoms with Gasteiger partial charge in [0.15, 0.2) is 0 Å². The van der Waals surface area contributed by atoms with Gasteiger partial charge in [-0.05, 0) is 62.4 Å². The number of nitrogens with zero attached hydrogens (tertiary/aromatic N) is 5. The first-order valence-electron chi connectivity index (χ1n) is 13.5. The topological polar surface area (TPSA) is 124 Å². The van der Waals surface area contributed by atoms with Crippen molar-refractivity contribution in [1.29, 1.82) is 0 Å². The first-order valence-corrected chi connectivity index (χ1v) is 13.5. The van der Waals surface area contributed by atoms with E-state index < -0.39 is 5.97 Å². The molecule has 0 saturated carbocycles. The Bertz CT molecular complexity index is 1210. The molecule has 3 aromatic rings. The largest absolute Gasteiger partial charge is 0.492 e. The summed E-state index contributed by atoms with van der Waals surface area (Å²) < 4.78 is 5.94. The van der Waals surface area contributed by atoms with Crippen molar-refractivity contribution in [2.45, 2.75) is 45.6 Å². The van der Waals surface area contributed by atoms with Crippen LogP contribution < -0.4 is 19.9 Å². The Morgan fingerprint density at radius 2 is 1.79 bits per heavy atom. The molecule has 2 heterocycles. The van der Waals surface area contributed by atoms with Crippen molar-refractivity contribution >= 4 is 29.5 Å². The summed E-state index contributed by atoms with van der Waals surface area (Å²) in [5.74, 6) is 1.14. The van der Waals surface area contributed by atoms with Gasteiger partial charge in [0.1, 0.15) is 12.4 Å². The summed E-state index contributed by atoms with van der Waals surface area (Å²) in [6.45, 7) is 6.26. The quantitative estimate of drug-likeness (QED) is 0.313. The van der Waals surface area contributed by atoms with E-state index in [4.69, 9.17) is 9.72 Å². The number of hydrogen-bond acceptors (Lipinski definition) is 9. The van der Waals surface area contributed by atoms with Crippen LogP contribution in [0.4, 0.5) is 23.5 Å². The number of hydrogen-bond donors (Lipinski definition) is 3. The Morgan fingerprint density at radius 3 is 2.44 bits per heavy atom. The number of rotatable bonds is 12. The first-order chi connectivity index (χ1) is 18.8. The van der Waals surface area contributed by atoms with E-state index in [0.717, 1.165) is 17.0 Å². The number of likely N-dealkylation sites (N-methyl/N-ethyl adjacent to an activating group) is 1. The molecule has 1 aromatic heterocycles. The highest BCUT2D eigenvalue weighted by Crippen LogP contribution is 2.23. The molecule has 1 aliphatic rings. The zero-order valence-corrected chi connectivity index (χ0v) is 22.9.